The number of rotatable bonds is 6. The average molecular weight is 492 g/mol. The molecular weight excluding hydrogens is 470 g/mol. The Morgan fingerprint density at radius 3 is 2.76 bits per heavy atom. The minimum Gasteiger partial charge on any atom is -0.379 e. The fourth-order valence-electron chi connectivity index (χ4n) is 3.55. The fourth-order valence-corrected chi connectivity index (χ4v) is 5.45. The van der Waals surface area contributed by atoms with E-state index in [0.717, 1.165) is 5.39 Å². The van der Waals surface area contributed by atoms with Crippen LogP contribution in [0.15, 0.2) is 47.5 Å². The summed E-state index contributed by atoms with van der Waals surface area (Å²) in [5, 5.41) is 10.2. The quantitative estimate of drug-likeness (QED) is 0.543. The lowest BCUT2D eigenvalue weighted by molar-refractivity contribution is -0.116. The van der Waals surface area contributed by atoms with Gasteiger partial charge in [-0.3, -0.25) is 14.7 Å². The van der Waals surface area contributed by atoms with Crippen LogP contribution in [0.1, 0.15) is 10.4 Å². The maximum absolute atomic E-state index is 13.0. The Balaban J connectivity index is 1.47. The smallest absolute Gasteiger partial charge is 0.256 e. The van der Waals surface area contributed by atoms with Gasteiger partial charge in [0.1, 0.15) is 4.90 Å². The number of anilines is 1. The van der Waals surface area contributed by atoms with Crippen molar-refractivity contribution in [2.24, 2.45) is 0 Å². The van der Waals surface area contributed by atoms with E-state index in [9.17, 15) is 18.0 Å². The zero-order valence-electron chi connectivity index (χ0n) is 17.7. The Bertz CT molecular complexity index is 1300. The Morgan fingerprint density at radius 2 is 2.00 bits per heavy atom. The maximum atomic E-state index is 13.0. The summed E-state index contributed by atoms with van der Waals surface area (Å²) in [5.41, 5.74) is 1.24. The maximum Gasteiger partial charge on any atom is 0.256 e. The van der Waals surface area contributed by atoms with Gasteiger partial charge in [0, 0.05) is 31.2 Å². The highest BCUT2D eigenvalue weighted by molar-refractivity contribution is 7.89. The lowest BCUT2D eigenvalue weighted by atomic mass is 10.1. The molecule has 12 heteroatoms. The molecule has 1 fully saturated rings. The van der Waals surface area contributed by atoms with Gasteiger partial charge in [0.15, 0.2) is 0 Å². The summed E-state index contributed by atoms with van der Waals surface area (Å²) in [7, 11) is -2.34. The molecule has 2 aromatic carbocycles. The van der Waals surface area contributed by atoms with Crippen LogP contribution in [-0.4, -0.2) is 79.5 Å². The molecule has 0 aliphatic carbocycles. The van der Waals surface area contributed by atoms with Crippen molar-refractivity contribution >= 4 is 50.0 Å². The van der Waals surface area contributed by atoms with E-state index in [-0.39, 0.29) is 41.1 Å². The number of benzene rings is 2. The molecule has 0 unspecified atom stereocenters. The van der Waals surface area contributed by atoms with Crippen LogP contribution in [0.25, 0.3) is 10.9 Å². The minimum atomic E-state index is -3.84. The first-order valence-corrected chi connectivity index (χ1v) is 11.9. The van der Waals surface area contributed by atoms with E-state index >= 15 is 0 Å². The largest absolute Gasteiger partial charge is 0.379 e. The van der Waals surface area contributed by atoms with Gasteiger partial charge < -0.3 is 15.0 Å². The Morgan fingerprint density at radius 1 is 1.24 bits per heavy atom. The predicted octanol–water partition coefficient (Wildman–Crippen LogP) is 1.95. The molecule has 0 atom stereocenters. The number of aromatic amines is 1. The predicted molar refractivity (Wildman–Crippen MR) is 123 cm³/mol. The first-order chi connectivity index (χ1) is 15.8. The Labute approximate surface area is 195 Å². The van der Waals surface area contributed by atoms with Crippen LogP contribution in [0, 0.1) is 0 Å². The van der Waals surface area contributed by atoms with E-state index in [1.807, 2.05) is 6.07 Å². The standard InChI is InChI=1S/C21H22ClN5O5S/c1-26(21(29)16-4-2-3-14-12-23-25-20(14)16)13-19(28)24-15-5-6-17(22)18(11-15)33(30,31)27-7-9-32-10-8-27/h2-6,11-12H,7-10,13H2,1H3,(H,23,25)(H,24,28). The molecule has 1 saturated heterocycles. The number of carbonyl (C=O) groups excluding carboxylic acids is 2. The summed E-state index contributed by atoms with van der Waals surface area (Å²) in [4.78, 5) is 26.6. The summed E-state index contributed by atoms with van der Waals surface area (Å²) in [6.45, 7) is 0.827. The summed E-state index contributed by atoms with van der Waals surface area (Å²) < 4.78 is 32.4. The molecule has 1 aliphatic heterocycles. The molecular formula is C21H22ClN5O5S. The van der Waals surface area contributed by atoms with Gasteiger partial charge in [-0.25, -0.2) is 8.42 Å². The molecule has 2 amide bonds. The van der Waals surface area contributed by atoms with Crippen LogP contribution < -0.4 is 5.32 Å². The van der Waals surface area contributed by atoms with E-state index in [4.69, 9.17) is 16.3 Å². The first kappa shape index (κ1) is 23.2. The van der Waals surface area contributed by atoms with Crippen LogP contribution in [-0.2, 0) is 19.6 Å². The van der Waals surface area contributed by atoms with Crippen molar-refractivity contribution in [1.29, 1.82) is 0 Å². The minimum absolute atomic E-state index is 0.0550. The van der Waals surface area contributed by atoms with Gasteiger partial charge in [0.25, 0.3) is 5.91 Å². The third-order valence-electron chi connectivity index (χ3n) is 5.24. The number of fused-ring (bicyclic) bond motifs is 1. The molecule has 3 aromatic rings. The highest BCUT2D eigenvalue weighted by atomic mass is 35.5. The third-order valence-corrected chi connectivity index (χ3v) is 7.62. The van der Waals surface area contributed by atoms with E-state index in [2.05, 4.69) is 15.5 Å². The topological polar surface area (TPSA) is 125 Å². The van der Waals surface area contributed by atoms with Crippen molar-refractivity contribution in [1.82, 2.24) is 19.4 Å². The molecule has 10 nitrogen and oxygen atoms in total. The van der Waals surface area contributed by atoms with E-state index < -0.39 is 15.9 Å². The second-order valence-corrected chi connectivity index (χ2v) is 9.82. The van der Waals surface area contributed by atoms with Gasteiger partial charge in [0.05, 0.1) is 42.1 Å². The van der Waals surface area contributed by atoms with Crippen LogP contribution in [0.2, 0.25) is 5.02 Å². The van der Waals surface area contributed by atoms with Crippen molar-refractivity contribution in [3.05, 3.63) is 53.2 Å². The van der Waals surface area contributed by atoms with Crippen molar-refractivity contribution in [2.45, 2.75) is 4.90 Å². The molecule has 0 saturated carbocycles. The molecule has 4 rings (SSSR count). The highest BCUT2D eigenvalue weighted by Gasteiger charge is 2.29. The summed E-state index contributed by atoms with van der Waals surface area (Å²) in [6.07, 6.45) is 1.61. The van der Waals surface area contributed by atoms with Gasteiger partial charge >= 0.3 is 0 Å². The number of halogens is 1. The van der Waals surface area contributed by atoms with Crippen molar-refractivity contribution < 1.29 is 22.7 Å². The monoisotopic (exact) mass is 491 g/mol. The fraction of sp³-hybridized carbons (Fsp3) is 0.286. The number of amides is 2. The summed E-state index contributed by atoms with van der Waals surface area (Å²) in [5.74, 6) is -0.841. The number of H-pyrrole nitrogens is 1. The lowest BCUT2D eigenvalue weighted by Crippen LogP contribution is -2.40. The number of hydrogen-bond acceptors (Lipinski definition) is 6. The molecule has 0 radical (unpaired) electrons. The van der Waals surface area contributed by atoms with Gasteiger partial charge in [-0.1, -0.05) is 23.7 Å². The molecule has 2 N–H and O–H groups in total. The van der Waals surface area contributed by atoms with Gasteiger partial charge in [0.2, 0.25) is 15.9 Å². The second-order valence-electron chi connectivity index (χ2n) is 7.51. The molecule has 1 aromatic heterocycles. The van der Waals surface area contributed by atoms with Crippen LogP contribution in [0.3, 0.4) is 0 Å². The van der Waals surface area contributed by atoms with Gasteiger partial charge in [-0.2, -0.15) is 9.40 Å². The SMILES string of the molecule is CN(CC(=O)Nc1ccc(Cl)c(S(=O)(=O)N2CCOCC2)c1)C(=O)c1cccc2cn[nH]c12. The van der Waals surface area contributed by atoms with Crippen LogP contribution in [0.4, 0.5) is 5.69 Å². The number of aromatic nitrogens is 2. The number of carbonyl (C=O) groups is 2. The average Bonchev–Trinajstić information content (AvgIpc) is 3.29. The molecule has 174 valence electrons. The van der Waals surface area contributed by atoms with Gasteiger partial charge in [-0.05, 0) is 24.3 Å². The number of likely N-dealkylation sites (N-methyl/N-ethyl adjacent to an activating group) is 1. The third kappa shape index (κ3) is 4.86. The summed E-state index contributed by atoms with van der Waals surface area (Å²) in [6, 6.07) is 9.45. The van der Waals surface area contributed by atoms with Crippen molar-refractivity contribution in [2.75, 3.05) is 45.2 Å². The van der Waals surface area contributed by atoms with E-state index in [1.165, 1.54) is 34.5 Å². The molecule has 0 spiro atoms. The number of nitrogens with zero attached hydrogens (tertiary/aromatic N) is 3. The molecule has 2 heterocycles. The number of sulfonamides is 1. The van der Waals surface area contributed by atoms with Crippen LogP contribution in [0.5, 0.6) is 0 Å². The number of hydrogen-bond donors (Lipinski definition) is 2. The zero-order chi connectivity index (χ0) is 23.6. The zero-order valence-corrected chi connectivity index (χ0v) is 19.3. The second kappa shape index (κ2) is 9.48. The highest BCUT2D eigenvalue weighted by Crippen LogP contribution is 2.28. The van der Waals surface area contributed by atoms with Crippen molar-refractivity contribution in [3.8, 4) is 0 Å². The van der Waals surface area contributed by atoms with Crippen molar-refractivity contribution in [3.63, 3.8) is 0 Å². The van der Waals surface area contributed by atoms with Gasteiger partial charge in [-0.15, -0.1) is 0 Å². The number of nitrogens with one attached hydrogen (secondary N) is 2. The number of ether oxygens (including phenoxy) is 1. The Hall–Kier alpha value is -2.99. The normalized spacial score (nSPS) is 14.8. The van der Waals surface area contributed by atoms with Crippen LogP contribution >= 0.6 is 11.6 Å². The number of morpholine rings is 1. The lowest BCUT2D eigenvalue weighted by Gasteiger charge is -2.26. The molecule has 33 heavy (non-hydrogen) atoms. The molecule has 1 aliphatic rings. The number of para-hydroxylation sites is 1. The summed E-state index contributed by atoms with van der Waals surface area (Å²) >= 11 is 6.16. The Kier molecular flexibility index (Phi) is 6.66. The van der Waals surface area contributed by atoms with E-state index in [0.29, 0.717) is 24.3 Å². The molecule has 0 bridgehead atoms. The van der Waals surface area contributed by atoms with E-state index in [1.54, 1.807) is 18.3 Å². The first-order valence-electron chi connectivity index (χ1n) is 10.1.